The Morgan fingerprint density at radius 3 is 2.54 bits per heavy atom. The van der Waals surface area contributed by atoms with E-state index >= 15 is 0 Å². The van der Waals surface area contributed by atoms with Crippen molar-refractivity contribution in [3.63, 3.8) is 0 Å². The van der Waals surface area contributed by atoms with Crippen LogP contribution in [-0.4, -0.2) is 21.6 Å². The van der Waals surface area contributed by atoms with Gasteiger partial charge in [-0.2, -0.15) is 18.4 Å². The molecule has 2 aromatic carbocycles. The summed E-state index contributed by atoms with van der Waals surface area (Å²) in [6.45, 7) is 1.89. The molecule has 0 saturated heterocycles. The maximum Gasteiger partial charge on any atom is 0.416 e. The molecule has 0 amide bonds. The van der Waals surface area contributed by atoms with Gasteiger partial charge in [0.1, 0.15) is 12.4 Å². The molecule has 0 fully saturated rings. The number of fused-ring (bicyclic) bond motifs is 1. The smallest absolute Gasteiger partial charge is 0.416 e. The number of anilines is 2. The average Bonchev–Trinajstić information content (AvgIpc) is 2.67. The Morgan fingerprint density at radius 2 is 1.93 bits per heavy atom. The van der Waals surface area contributed by atoms with Crippen molar-refractivity contribution in [1.29, 1.82) is 5.26 Å². The van der Waals surface area contributed by atoms with Gasteiger partial charge < -0.3 is 10.5 Å². The number of nitrogens with two attached hydrogens (primary N) is 1. The predicted molar refractivity (Wildman–Crippen MR) is 98.2 cm³/mol. The van der Waals surface area contributed by atoms with Crippen molar-refractivity contribution in [2.24, 2.45) is 0 Å². The fraction of sp³-hybridized carbons (Fsp3) is 0.278. The SMILES string of the molecule is CCC#N.Nc1ccc2c(c1)N(S(=O)(=O)c1cccc(C(F)(F)F)c1)CCO2. The van der Waals surface area contributed by atoms with Crippen LogP contribution in [0.1, 0.15) is 18.9 Å². The van der Waals surface area contributed by atoms with Gasteiger partial charge in [-0.25, -0.2) is 8.42 Å². The van der Waals surface area contributed by atoms with Gasteiger partial charge in [-0.1, -0.05) is 13.0 Å². The Balaban J connectivity index is 0.000000640. The van der Waals surface area contributed by atoms with Gasteiger partial charge in [0.05, 0.1) is 28.8 Å². The van der Waals surface area contributed by atoms with Crippen LogP contribution in [0, 0.1) is 11.3 Å². The fourth-order valence-corrected chi connectivity index (χ4v) is 3.92. The zero-order chi connectivity index (χ0) is 20.9. The lowest BCUT2D eigenvalue weighted by atomic mass is 10.2. The van der Waals surface area contributed by atoms with Crippen LogP contribution < -0.4 is 14.8 Å². The van der Waals surface area contributed by atoms with Gasteiger partial charge in [-0.15, -0.1) is 0 Å². The highest BCUT2D eigenvalue weighted by molar-refractivity contribution is 7.92. The van der Waals surface area contributed by atoms with E-state index in [0.29, 0.717) is 23.9 Å². The predicted octanol–water partition coefficient (Wildman–Crippen LogP) is 3.80. The molecule has 0 spiro atoms. The molecule has 6 nitrogen and oxygen atoms in total. The van der Waals surface area contributed by atoms with Crippen LogP contribution in [0.2, 0.25) is 0 Å². The summed E-state index contributed by atoms with van der Waals surface area (Å²) in [5.41, 5.74) is 5.19. The summed E-state index contributed by atoms with van der Waals surface area (Å²) in [5, 5.41) is 7.62. The number of alkyl halides is 3. The number of nitrogens with zero attached hydrogens (tertiary/aromatic N) is 2. The molecule has 0 bridgehead atoms. The van der Waals surface area contributed by atoms with E-state index in [4.69, 9.17) is 15.7 Å². The number of nitrogen functional groups attached to an aromatic ring is 1. The summed E-state index contributed by atoms with van der Waals surface area (Å²) in [5.74, 6) is 0.311. The second kappa shape index (κ2) is 8.39. The van der Waals surface area contributed by atoms with E-state index < -0.39 is 26.7 Å². The van der Waals surface area contributed by atoms with Crippen molar-refractivity contribution in [1.82, 2.24) is 0 Å². The number of benzene rings is 2. The van der Waals surface area contributed by atoms with E-state index in [0.717, 1.165) is 22.5 Å². The van der Waals surface area contributed by atoms with Crippen molar-refractivity contribution in [2.45, 2.75) is 24.4 Å². The summed E-state index contributed by atoms with van der Waals surface area (Å²) in [7, 11) is -4.18. The molecule has 150 valence electrons. The van der Waals surface area contributed by atoms with Gasteiger partial charge >= 0.3 is 6.18 Å². The first-order valence-corrected chi connectivity index (χ1v) is 9.64. The van der Waals surface area contributed by atoms with Crippen molar-refractivity contribution >= 4 is 21.4 Å². The molecule has 10 heteroatoms. The Bertz CT molecular complexity index is 986. The highest BCUT2D eigenvalue weighted by Gasteiger charge is 2.34. The molecule has 2 N–H and O–H groups in total. The van der Waals surface area contributed by atoms with Gasteiger partial charge in [0.15, 0.2) is 0 Å². The van der Waals surface area contributed by atoms with Crippen molar-refractivity contribution < 1.29 is 26.3 Å². The zero-order valence-corrected chi connectivity index (χ0v) is 15.7. The van der Waals surface area contributed by atoms with Crippen LogP contribution in [0.5, 0.6) is 5.75 Å². The maximum atomic E-state index is 12.8. The average molecular weight is 413 g/mol. The quantitative estimate of drug-likeness (QED) is 0.756. The number of halogens is 3. The van der Waals surface area contributed by atoms with Gasteiger partial charge in [0, 0.05) is 12.1 Å². The molecule has 0 saturated carbocycles. The molecule has 0 atom stereocenters. The molecule has 3 rings (SSSR count). The number of ether oxygens (including phenoxy) is 1. The number of hydrogen-bond donors (Lipinski definition) is 1. The molecule has 1 heterocycles. The second-order valence-corrected chi connectivity index (χ2v) is 7.55. The lowest BCUT2D eigenvalue weighted by Gasteiger charge is -2.30. The zero-order valence-electron chi connectivity index (χ0n) is 14.9. The van der Waals surface area contributed by atoms with Crippen molar-refractivity contribution in [2.75, 3.05) is 23.2 Å². The number of nitriles is 1. The second-order valence-electron chi connectivity index (χ2n) is 5.69. The summed E-state index contributed by atoms with van der Waals surface area (Å²) >= 11 is 0. The third-order valence-corrected chi connectivity index (χ3v) is 5.52. The van der Waals surface area contributed by atoms with E-state index in [1.807, 2.05) is 13.0 Å². The van der Waals surface area contributed by atoms with Crippen LogP contribution in [0.15, 0.2) is 47.4 Å². The minimum absolute atomic E-state index is 0.0188. The summed E-state index contributed by atoms with van der Waals surface area (Å²) in [6.07, 6.45) is -4.00. The van der Waals surface area contributed by atoms with E-state index in [2.05, 4.69) is 0 Å². The van der Waals surface area contributed by atoms with E-state index in [-0.39, 0.29) is 18.8 Å². The molecule has 0 unspecified atom stereocenters. The fourth-order valence-electron chi connectivity index (χ4n) is 2.42. The summed E-state index contributed by atoms with van der Waals surface area (Å²) < 4.78 is 70.5. The van der Waals surface area contributed by atoms with Crippen LogP contribution in [0.3, 0.4) is 0 Å². The largest absolute Gasteiger partial charge is 0.489 e. The lowest BCUT2D eigenvalue weighted by molar-refractivity contribution is -0.137. The topological polar surface area (TPSA) is 96.4 Å². The van der Waals surface area contributed by atoms with E-state index in [9.17, 15) is 21.6 Å². The normalized spacial score (nSPS) is 13.5. The minimum atomic E-state index is -4.63. The van der Waals surface area contributed by atoms with Crippen molar-refractivity contribution in [3.8, 4) is 11.8 Å². The van der Waals surface area contributed by atoms with E-state index in [1.165, 1.54) is 12.1 Å². The number of hydrogen-bond acceptors (Lipinski definition) is 5. The van der Waals surface area contributed by atoms with Gasteiger partial charge in [-0.05, 0) is 36.4 Å². The van der Waals surface area contributed by atoms with Crippen LogP contribution >= 0.6 is 0 Å². The molecular weight excluding hydrogens is 395 g/mol. The Kier molecular flexibility index (Phi) is 6.41. The molecule has 1 aliphatic rings. The van der Waals surface area contributed by atoms with Crippen molar-refractivity contribution in [3.05, 3.63) is 48.0 Å². The van der Waals surface area contributed by atoms with E-state index in [1.54, 1.807) is 6.07 Å². The number of sulfonamides is 1. The van der Waals surface area contributed by atoms with Crippen LogP contribution in [-0.2, 0) is 16.2 Å². The minimum Gasteiger partial charge on any atom is -0.489 e. The third-order valence-electron chi connectivity index (χ3n) is 3.71. The summed E-state index contributed by atoms with van der Waals surface area (Å²) in [4.78, 5) is -0.437. The van der Waals surface area contributed by atoms with Crippen LogP contribution in [0.4, 0.5) is 24.5 Å². The monoisotopic (exact) mass is 413 g/mol. The first-order valence-electron chi connectivity index (χ1n) is 8.20. The molecule has 0 aromatic heterocycles. The maximum absolute atomic E-state index is 12.8. The molecule has 28 heavy (non-hydrogen) atoms. The Morgan fingerprint density at radius 1 is 1.25 bits per heavy atom. The molecule has 0 aliphatic carbocycles. The first kappa shape index (κ1) is 21.4. The standard InChI is InChI=1S/C15H13F3N2O3S.C3H5N/c16-15(17,18)10-2-1-3-12(8-10)24(21,22)20-6-7-23-14-5-4-11(19)9-13(14)20;1-2-3-4/h1-5,8-9H,6-7,19H2;2H2,1H3. The molecule has 0 radical (unpaired) electrons. The Labute approximate surface area is 161 Å². The number of rotatable bonds is 2. The first-order chi connectivity index (χ1) is 13.1. The van der Waals surface area contributed by atoms with Crippen LogP contribution in [0.25, 0.3) is 0 Å². The summed E-state index contributed by atoms with van der Waals surface area (Å²) in [6, 6.07) is 10.1. The third kappa shape index (κ3) is 4.67. The van der Waals surface area contributed by atoms with Gasteiger partial charge in [0.2, 0.25) is 0 Å². The highest BCUT2D eigenvalue weighted by atomic mass is 32.2. The lowest BCUT2D eigenvalue weighted by Crippen LogP contribution is -2.38. The molecular formula is C18H18F3N3O3S. The molecule has 1 aliphatic heterocycles. The Hall–Kier alpha value is -2.93. The van der Waals surface area contributed by atoms with Gasteiger partial charge in [0.25, 0.3) is 10.0 Å². The van der Waals surface area contributed by atoms with Gasteiger partial charge in [-0.3, -0.25) is 4.31 Å². The molecule has 2 aromatic rings. The highest BCUT2D eigenvalue weighted by Crippen LogP contribution is 2.37.